The normalized spacial score (nSPS) is 10.5. The third-order valence-corrected chi connectivity index (χ3v) is 4.00. The third-order valence-electron chi connectivity index (χ3n) is 3.77. The third kappa shape index (κ3) is 4.58. The van der Waals surface area contributed by atoms with Gasteiger partial charge < -0.3 is 9.84 Å². The molecular formula is C20H15ClFNO3. The molecule has 0 aliphatic heterocycles. The molecule has 0 bridgehead atoms. The summed E-state index contributed by atoms with van der Waals surface area (Å²) in [5, 5.41) is 9.64. The van der Waals surface area contributed by atoms with E-state index in [-0.39, 0.29) is 18.0 Å². The van der Waals surface area contributed by atoms with E-state index < -0.39 is 5.97 Å². The monoisotopic (exact) mass is 371 g/mol. The Morgan fingerprint density at radius 3 is 2.58 bits per heavy atom. The van der Waals surface area contributed by atoms with Crippen LogP contribution in [0.15, 0.2) is 60.9 Å². The first-order chi connectivity index (χ1) is 12.5. The average Bonchev–Trinajstić information content (AvgIpc) is 2.63. The molecule has 26 heavy (non-hydrogen) atoms. The maximum Gasteiger partial charge on any atom is 0.337 e. The fourth-order valence-electron chi connectivity index (χ4n) is 2.49. The Morgan fingerprint density at radius 2 is 1.85 bits per heavy atom. The Balaban J connectivity index is 1.80. The van der Waals surface area contributed by atoms with E-state index in [4.69, 9.17) is 21.4 Å². The minimum Gasteiger partial charge on any atom is -0.489 e. The minimum atomic E-state index is -1.03. The molecule has 0 aliphatic rings. The summed E-state index contributed by atoms with van der Waals surface area (Å²) in [6, 6.07) is 12.9. The van der Waals surface area contributed by atoms with E-state index in [1.165, 1.54) is 18.3 Å². The molecule has 3 rings (SSSR count). The van der Waals surface area contributed by atoms with Crippen LogP contribution in [-0.2, 0) is 13.0 Å². The first kappa shape index (κ1) is 17.9. The maximum absolute atomic E-state index is 13.0. The van der Waals surface area contributed by atoms with Gasteiger partial charge in [0.05, 0.1) is 5.56 Å². The molecular weight excluding hydrogens is 357 g/mol. The fourth-order valence-corrected chi connectivity index (χ4v) is 2.68. The molecule has 0 unspecified atom stereocenters. The highest BCUT2D eigenvalue weighted by atomic mass is 35.5. The summed E-state index contributed by atoms with van der Waals surface area (Å²) >= 11 is 6.09. The van der Waals surface area contributed by atoms with Crippen molar-refractivity contribution in [2.24, 2.45) is 0 Å². The molecule has 0 saturated carbocycles. The van der Waals surface area contributed by atoms with E-state index in [0.29, 0.717) is 17.2 Å². The van der Waals surface area contributed by atoms with Crippen LogP contribution in [0.2, 0.25) is 5.02 Å². The highest BCUT2D eigenvalue weighted by Crippen LogP contribution is 2.26. The van der Waals surface area contributed by atoms with Gasteiger partial charge in [0.15, 0.2) is 0 Å². The number of hydrogen-bond acceptors (Lipinski definition) is 3. The second kappa shape index (κ2) is 7.97. The molecule has 1 aromatic heterocycles. The molecule has 132 valence electrons. The van der Waals surface area contributed by atoms with Gasteiger partial charge in [-0.25, -0.2) is 9.18 Å². The van der Waals surface area contributed by atoms with Gasteiger partial charge in [-0.15, -0.1) is 0 Å². The zero-order valence-corrected chi connectivity index (χ0v) is 14.4. The molecule has 4 nitrogen and oxygen atoms in total. The number of hydrogen-bond donors (Lipinski definition) is 1. The van der Waals surface area contributed by atoms with Crippen molar-refractivity contribution in [2.75, 3.05) is 0 Å². The lowest BCUT2D eigenvalue weighted by molar-refractivity contribution is 0.0696. The SMILES string of the molecule is O=C(O)c1cncc(Cc2cc(Cl)ccc2OCc2ccc(F)cc2)c1. The van der Waals surface area contributed by atoms with Gasteiger partial charge in [0.2, 0.25) is 0 Å². The second-order valence-electron chi connectivity index (χ2n) is 5.73. The number of benzene rings is 2. The second-order valence-corrected chi connectivity index (χ2v) is 6.17. The number of nitrogens with zero attached hydrogens (tertiary/aromatic N) is 1. The number of aromatic carboxylic acids is 1. The number of carboxylic acid groups (broad SMARTS) is 1. The highest BCUT2D eigenvalue weighted by Gasteiger charge is 2.10. The summed E-state index contributed by atoms with van der Waals surface area (Å²) in [6.07, 6.45) is 3.33. The first-order valence-corrected chi connectivity index (χ1v) is 8.22. The van der Waals surface area contributed by atoms with Crippen molar-refractivity contribution >= 4 is 17.6 Å². The quantitative estimate of drug-likeness (QED) is 0.679. The largest absolute Gasteiger partial charge is 0.489 e. The van der Waals surface area contributed by atoms with Gasteiger partial charge in [-0.2, -0.15) is 0 Å². The molecule has 6 heteroatoms. The van der Waals surface area contributed by atoms with E-state index in [9.17, 15) is 9.18 Å². The molecule has 2 aromatic carbocycles. The molecule has 1 N–H and O–H groups in total. The van der Waals surface area contributed by atoms with Crippen LogP contribution in [0.4, 0.5) is 4.39 Å². The summed E-state index contributed by atoms with van der Waals surface area (Å²) < 4.78 is 18.8. The van der Waals surface area contributed by atoms with Crippen LogP contribution >= 0.6 is 11.6 Å². The molecule has 0 spiro atoms. The molecule has 3 aromatic rings. The van der Waals surface area contributed by atoms with Crippen LogP contribution in [-0.4, -0.2) is 16.1 Å². The van der Waals surface area contributed by atoms with Crippen LogP contribution in [0.5, 0.6) is 5.75 Å². The van der Waals surface area contributed by atoms with Crippen LogP contribution in [0.3, 0.4) is 0 Å². The summed E-state index contributed by atoms with van der Waals surface area (Å²) in [4.78, 5) is 15.1. The highest BCUT2D eigenvalue weighted by molar-refractivity contribution is 6.30. The van der Waals surface area contributed by atoms with Crippen LogP contribution in [0.1, 0.15) is 27.0 Å². The van der Waals surface area contributed by atoms with Gasteiger partial charge >= 0.3 is 5.97 Å². The zero-order chi connectivity index (χ0) is 18.5. The molecule has 0 aliphatic carbocycles. The van der Waals surface area contributed by atoms with Crippen molar-refractivity contribution in [2.45, 2.75) is 13.0 Å². The average molecular weight is 372 g/mol. The lowest BCUT2D eigenvalue weighted by atomic mass is 10.0. The van der Waals surface area contributed by atoms with Crippen molar-refractivity contribution in [3.63, 3.8) is 0 Å². The van der Waals surface area contributed by atoms with Gasteiger partial charge in [0.25, 0.3) is 0 Å². The summed E-state index contributed by atoms with van der Waals surface area (Å²) in [5.74, 6) is -0.704. The van der Waals surface area contributed by atoms with E-state index >= 15 is 0 Å². The Bertz CT molecular complexity index is 929. The van der Waals surface area contributed by atoms with Crippen LogP contribution in [0, 0.1) is 5.82 Å². The predicted octanol–water partition coefficient (Wildman–Crippen LogP) is 4.74. The van der Waals surface area contributed by atoms with Crippen molar-refractivity contribution in [1.82, 2.24) is 4.98 Å². The maximum atomic E-state index is 13.0. The van der Waals surface area contributed by atoms with Crippen molar-refractivity contribution < 1.29 is 19.0 Å². The number of rotatable bonds is 6. The Kier molecular flexibility index (Phi) is 5.49. The van der Waals surface area contributed by atoms with Crippen molar-refractivity contribution in [3.8, 4) is 5.75 Å². The standard InChI is InChI=1S/C20H15ClFNO3/c21-17-3-6-19(26-12-13-1-4-18(22)5-2-13)15(9-17)7-14-8-16(20(24)25)11-23-10-14/h1-6,8-11H,7,12H2,(H,24,25). The molecule has 0 saturated heterocycles. The number of carbonyl (C=O) groups is 1. The molecule has 0 fully saturated rings. The van der Waals surface area contributed by atoms with E-state index in [2.05, 4.69) is 4.98 Å². The van der Waals surface area contributed by atoms with Crippen molar-refractivity contribution in [1.29, 1.82) is 0 Å². The Morgan fingerprint density at radius 1 is 1.08 bits per heavy atom. The molecule has 0 atom stereocenters. The smallest absolute Gasteiger partial charge is 0.337 e. The summed E-state index contributed by atoms with van der Waals surface area (Å²) in [5.41, 5.74) is 2.50. The predicted molar refractivity (Wildman–Crippen MR) is 96.2 cm³/mol. The molecule has 1 heterocycles. The molecule has 0 radical (unpaired) electrons. The van der Waals surface area contributed by atoms with Crippen molar-refractivity contribution in [3.05, 3.63) is 94.0 Å². The van der Waals surface area contributed by atoms with Crippen LogP contribution in [0.25, 0.3) is 0 Å². The first-order valence-electron chi connectivity index (χ1n) is 7.84. The van der Waals surface area contributed by atoms with Gasteiger partial charge in [0, 0.05) is 29.4 Å². The Hall–Kier alpha value is -2.92. The van der Waals surface area contributed by atoms with Gasteiger partial charge in [-0.3, -0.25) is 4.98 Å². The van der Waals surface area contributed by atoms with Gasteiger partial charge in [-0.1, -0.05) is 23.7 Å². The van der Waals surface area contributed by atoms with Gasteiger partial charge in [0.1, 0.15) is 18.2 Å². The number of ether oxygens (including phenoxy) is 1. The lowest BCUT2D eigenvalue weighted by Crippen LogP contribution is -2.02. The minimum absolute atomic E-state index is 0.123. The van der Waals surface area contributed by atoms with E-state index in [1.807, 2.05) is 0 Å². The van der Waals surface area contributed by atoms with E-state index in [0.717, 1.165) is 16.7 Å². The fraction of sp³-hybridized carbons (Fsp3) is 0.100. The van der Waals surface area contributed by atoms with Crippen LogP contribution < -0.4 is 4.74 Å². The topological polar surface area (TPSA) is 59.4 Å². The lowest BCUT2D eigenvalue weighted by Gasteiger charge is -2.12. The number of aromatic nitrogens is 1. The van der Waals surface area contributed by atoms with Gasteiger partial charge in [-0.05, 0) is 47.5 Å². The number of halogens is 2. The summed E-state index contributed by atoms with van der Waals surface area (Å²) in [7, 11) is 0. The molecule has 0 amide bonds. The Labute approximate surface area is 154 Å². The number of carboxylic acids is 1. The van der Waals surface area contributed by atoms with E-state index in [1.54, 1.807) is 42.6 Å². The zero-order valence-electron chi connectivity index (χ0n) is 13.7. The number of pyridine rings is 1. The summed E-state index contributed by atoms with van der Waals surface area (Å²) in [6.45, 7) is 0.280.